The van der Waals surface area contributed by atoms with Gasteiger partial charge in [-0.2, -0.15) is 0 Å². The molecular weight excluding hydrogens is 271 g/mol. The van der Waals surface area contributed by atoms with E-state index in [0.29, 0.717) is 12.5 Å². The molecule has 1 aromatic rings. The van der Waals surface area contributed by atoms with Crippen molar-refractivity contribution in [1.82, 2.24) is 10.6 Å². The third-order valence-corrected chi connectivity index (χ3v) is 3.61. The monoisotopic (exact) mass is 294 g/mol. The maximum absolute atomic E-state index is 13.9. The Morgan fingerprint density at radius 3 is 2.86 bits per heavy atom. The van der Waals surface area contributed by atoms with Crippen molar-refractivity contribution in [3.63, 3.8) is 0 Å². The molecule has 1 saturated carbocycles. The average Bonchev–Trinajstić information content (AvgIpc) is 3.28. The maximum Gasteiger partial charge on any atom is 0.257 e. The van der Waals surface area contributed by atoms with E-state index >= 15 is 0 Å². The SMILES string of the molecule is CCNC(C)c1ccc(OCC(=O)NCC2CC2)c(F)c1. The molecule has 1 atom stereocenters. The first-order valence-corrected chi connectivity index (χ1v) is 7.52. The Balaban J connectivity index is 1.83. The minimum absolute atomic E-state index is 0.0837. The van der Waals surface area contributed by atoms with Crippen molar-refractivity contribution in [3.05, 3.63) is 29.6 Å². The van der Waals surface area contributed by atoms with Gasteiger partial charge < -0.3 is 15.4 Å². The highest BCUT2D eigenvalue weighted by atomic mass is 19.1. The molecule has 0 radical (unpaired) electrons. The van der Waals surface area contributed by atoms with Crippen LogP contribution in [0.2, 0.25) is 0 Å². The second-order valence-corrected chi connectivity index (χ2v) is 5.51. The molecule has 0 aromatic heterocycles. The molecule has 0 bridgehead atoms. The number of hydrogen-bond donors (Lipinski definition) is 2. The maximum atomic E-state index is 13.9. The van der Waals surface area contributed by atoms with Gasteiger partial charge in [-0.3, -0.25) is 4.79 Å². The molecule has 0 heterocycles. The Bertz CT molecular complexity index is 489. The van der Waals surface area contributed by atoms with Crippen LogP contribution in [0.4, 0.5) is 4.39 Å². The normalized spacial score (nSPS) is 15.6. The number of benzene rings is 1. The van der Waals surface area contributed by atoms with Gasteiger partial charge in [0.15, 0.2) is 18.2 Å². The van der Waals surface area contributed by atoms with Gasteiger partial charge >= 0.3 is 0 Å². The van der Waals surface area contributed by atoms with Crippen LogP contribution in [-0.4, -0.2) is 25.6 Å². The number of rotatable bonds is 8. The van der Waals surface area contributed by atoms with Gasteiger partial charge in [-0.25, -0.2) is 4.39 Å². The summed E-state index contributed by atoms with van der Waals surface area (Å²) in [6.45, 7) is 5.35. The lowest BCUT2D eigenvalue weighted by atomic mass is 10.1. The summed E-state index contributed by atoms with van der Waals surface area (Å²) in [5.41, 5.74) is 0.861. The number of carbonyl (C=O) groups excluding carboxylic acids is 1. The third-order valence-electron chi connectivity index (χ3n) is 3.61. The molecule has 116 valence electrons. The molecule has 0 spiro atoms. The molecule has 1 unspecified atom stereocenters. The third kappa shape index (κ3) is 5.01. The number of halogens is 1. The lowest BCUT2D eigenvalue weighted by Gasteiger charge is -2.14. The summed E-state index contributed by atoms with van der Waals surface area (Å²) in [4.78, 5) is 11.6. The van der Waals surface area contributed by atoms with Crippen molar-refractivity contribution in [2.24, 2.45) is 5.92 Å². The summed E-state index contributed by atoms with van der Waals surface area (Å²) in [5, 5.41) is 6.00. The zero-order chi connectivity index (χ0) is 15.2. The predicted octanol–water partition coefficient (Wildman–Crippen LogP) is 2.40. The molecule has 1 aliphatic rings. The number of carbonyl (C=O) groups is 1. The van der Waals surface area contributed by atoms with E-state index in [1.807, 2.05) is 19.9 Å². The number of ether oxygens (including phenoxy) is 1. The van der Waals surface area contributed by atoms with Crippen LogP contribution in [0.5, 0.6) is 5.75 Å². The molecule has 21 heavy (non-hydrogen) atoms. The predicted molar refractivity (Wildman–Crippen MR) is 79.7 cm³/mol. The van der Waals surface area contributed by atoms with E-state index in [1.54, 1.807) is 6.07 Å². The molecule has 4 nitrogen and oxygen atoms in total. The van der Waals surface area contributed by atoms with E-state index in [0.717, 1.165) is 12.1 Å². The fourth-order valence-corrected chi connectivity index (χ4v) is 2.10. The van der Waals surface area contributed by atoms with Crippen molar-refractivity contribution >= 4 is 5.91 Å². The Hall–Kier alpha value is -1.62. The topological polar surface area (TPSA) is 50.4 Å². The van der Waals surface area contributed by atoms with Gasteiger partial charge in [0.1, 0.15) is 0 Å². The van der Waals surface area contributed by atoms with Crippen LogP contribution in [0.1, 0.15) is 38.3 Å². The highest BCUT2D eigenvalue weighted by molar-refractivity contribution is 5.77. The highest BCUT2D eigenvalue weighted by Crippen LogP contribution is 2.27. The first kappa shape index (κ1) is 15.8. The van der Waals surface area contributed by atoms with Crippen molar-refractivity contribution in [3.8, 4) is 5.75 Å². The first-order chi connectivity index (χ1) is 10.1. The van der Waals surface area contributed by atoms with Crippen LogP contribution in [0.25, 0.3) is 0 Å². The van der Waals surface area contributed by atoms with Crippen LogP contribution in [0, 0.1) is 11.7 Å². The van der Waals surface area contributed by atoms with Gasteiger partial charge in [-0.1, -0.05) is 13.0 Å². The number of nitrogens with one attached hydrogen (secondary N) is 2. The van der Waals surface area contributed by atoms with E-state index in [1.165, 1.54) is 18.9 Å². The molecular formula is C16H23FN2O2. The fourth-order valence-electron chi connectivity index (χ4n) is 2.10. The van der Waals surface area contributed by atoms with Gasteiger partial charge in [-0.15, -0.1) is 0 Å². The molecule has 1 aromatic carbocycles. The Morgan fingerprint density at radius 2 is 2.24 bits per heavy atom. The van der Waals surface area contributed by atoms with E-state index < -0.39 is 5.82 Å². The summed E-state index contributed by atoms with van der Waals surface area (Å²) in [6, 6.07) is 4.92. The molecule has 1 fully saturated rings. The van der Waals surface area contributed by atoms with Crippen LogP contribution in [-0.2, 0) is 4.79 Å². The summed E-state index contributed by atoms with van der Waals surface area (Å²) >= 11 is 0. The van der Waals surface area contributed by atoms with Crippen LogP contribution in [0.3, 0.4) is 0 Å². The lowest BCUT2D eigenvalue weighted by Crippen LogP contribution is -2.30. The van der Waals surface area contributed by atoms with Gasteiger partial charge in [0, 0.05) is 12.6 Å². The largest absolute Gasteiger partial charge is 0.481 e. The van der Waals surface area contributed by atoms with E-state index in [9.17, 15) is 9.18 Å². The quantitative estimate of drug-likeness (QED) is 0.774. The zero-order valence-electron chi connectivity index (χ0n) is 12.6. The van der Waals surface area contributed by atoms with Gasteiger partial charge in [0.25, 0.3) is 5.91 Å². The second kappa shape index (κ2) is 7.41. The average molecular weight is 294 g/mol. The molecule has 0 aliphatic heterocycles. The minimum Gasteiger partial charge on any atom is -0.481 e. The summed E-state index contributed by atoms with van der Waals surface area (Å²) < 4.78 is 19.2. The minimum atomic E-state index is -0.438. The second-order valence-electron chi connectivity index (χ2n) is 5.51. The van der Waals surface area contributed by atoms with E-state index in [-0.39, 0.29) is 24.3 Å². The van der Waals surface area contributed by atoms with Gasteiger partial charge in [-0.05, 0) is 49.9 Å². The summed E-state index contributed by atoms with van der Waals surface area (Å²) in [7, 11) is 0. The van der Waals surface area contributed by atoms with E-state index in [2.05, 4.69) is 10.6 Å². The molecule has 2 N–H and O–H groups in total. The van der Waals surface area contributed by atoms with Crippen molar-refractivity contribution < 1.29 is 13.9 Å². The Labute approximate surface area is 125 Å². The van der Waals surface area contributed by atoms with Gasteiger partial charge in [0.05, 0.1) is 0 Å². The van der Waals surface area contributed by atoms with Crippen LogP contribution >= 0.6 is 0 Å². The summed E-state index contributed by atoms with van der Waals surface area (Å²) in [5.74, 6) is 0.0974. The molecule has 1 aliphatic carbocycles. The zero-order valence-corrected chi connectivity index (χ0v) is 12.6. The number of amides is 1. The van der Waals surface area contributed by atoms with Crippen molar-refractivity contribution in [2.75, 3.05) is 19.7 Å². The molecule has 1 amide bonds. The van der Waals surface area contributed by atoms with Crippen LogP contribution < -0.4 is 15.4 Å². The van der Waals surface area contributed by atoms with Gasteiger partial charge in [0.2, 0.25) is 0 Å². The lowest BCUT2D eigenvalue weighted by molar-refractivity contribution is -0.123. The fraction of sp³-hybridized carbons (Fsp3) is 0.562. The Morgan fingerprint density at radius 1 is 1.48 bits per heavy atom. The Kier molecular flexibility index (Phi) is 5.56. The van der Waals surface area contributed by atoms with E-state index in [4.69, 9.17) is 4.74 Å². The number of hydrogen-bond acceptors (Lipinski definition) is 3. The molecule has 5 heteroatoms. The standard InChI is InChI=1S/C16H23FN2O2/c1-3-18-11(2)13-6-7-15(14(17)8-13)21-10-16(20)19-9-12-4-5-12/h6-8,11-12,18H,3-5,9-10H2,1-2H3,(H,19,20). The smallest absolute Gasteiger partial charge is 0.257 e. The highest BCUT2D eigenvalue weighted by Gasteiger charge is 2.21. The first-order valence-electron chi connectivity index (χ1n) is 7.52. The summed E-state index contributed by atoms with van der Waals surface area (Å²) in [6.07, 6.45) is 2.36. The van der Waals surface area contributed by atoms with Crippen molar-refractivity contribution in [1.29, 1.82) is 0 Å². The van der Waals surface area contributed by atoms with Crippen molar-refractivity contribution in [2.45, 2.75) is 32.7 Å². The molecule has 0 saturated heterocycles. The van der Waals surface area contributed by atoms with Crippen LogP contribution in [0.15, 0.2) is 18.2 Å². The molecule has 2 rings (SSSR count).